The van der Waals surface area contributed by atoms with E-state index in [9.17, 15) is 19.2 Å². The van der Waals surface area contributed by atoms with Crippen LogP contribution in [0.25, 0.3) is 0 Å². The van der Waals surface area contributed by atoms with Crippen LogP contribution in [0.5, 0.6) is 0 Å². The fraction of sp³-hybridized carbons (Fsp3) is 0.250. The monoisotopic (exact) mass is 468 g/mol. The fourth-order valence-corrected chi connectivity index (χ4v) is 3.60. The summed E-state index contributed by atoms with van der Waals surface area (Å²) in [7, 11) is 0. The van der Waals surface area contributed by atoms with Crippen molar-refractivity contribution in [2.45, 2.75) is 39.3 Å². The Bertz CT molecular complexity index is 1120. The van der Waals surface area contributed by atoms with Crippen molar-refractivity contribution in [3.05, 3.63) is 70.4 Å². The molecule has 8 nitrogen and oxygen atoms in total. The Morgan fingerprint density at radius 3 is 2.70 bits per heavy atom. The molecule has 33 heavy (non-hydrogen) atoms. The molecule has 1 aliphatic rings. The molecule has 1 saturated heterocycles. The van der Waals surface area contributed by atoms with Crippen LogP contribution in [-0.2, 0) is 25.7 Å². The van der Waals surface area contributed by atoms with Gasteiger partial charge in [0, 0.05) is 41.1 Å². The standard InChI is InChI=1S/C24H25ClN4O4/c1-15-6-7-18(12-20(15)25)26-13-17-4-3-5-19(11-17)27-16(2)10-23(32)29(14-30)21-8-9-22(31)28-24(21)33/h3-7,10-12,14,21,26-27H,8-9,13H2,1-2H3,(H,28,31,33)/b16-10+. The summed E-state index contributed by atoms with van der Waals surface area (Å²) in [6.07, 6.45) is 1.74. The summed E-state index contributed by atoms with van der Waals surface area (Å²) in [5.74, 6) is -1.71. The lowest BCUT2D eigenvalue weighted by Gasteiger charge is -2.27. The summed E-state index contributed by atoms with van der Waals surface area (Å²) in [4.78, 5) is 48.1. The van der Waals surface area contributed by atoms with Gasteiger partial charge >= 0.3 is 0 Å². The van der Waals surface area contributed by atoms with Gasteiger partial charge in [-0.25, -0.2) is 0 Å². The molecule has 0 saturated carbocycles. The second-order valence-electron chi connectivity index (χ2n) is 7.79. The number of hydrogen-bond donors (Lipinski definition) is 3. The number of anilines is 2. The number of allylic oxidation sites excluding steroid dienone is 1. The molecule has 4 amide bonds. The van der Waals surface area contributed by atoms with Crippen LogP contribution in [0.15, 0.2) is 54.2 Å². The van der Waals surface area contributed by atoms with E-state index in [1.54, 1.807) is 6.92 Å². The quantitative estimate of drug-likeness (QED) is 0.311. The van der Waals surface area contributed by atoms with Gasteiger partial charge in [0.05, 0.1) is 0 Å². The normalized spacial score (nSPS) is 16.1. The maximum atomic E-state index is 12.6. The summed E-state index contributed by atoms with van der Waals surface area (Å²) in [5, 5.41) is 9.29. The van der Waals surface area contributed by atoms with Gasteiger partial charge in [0.25, 0.3) is 5.91 Å². The van der Waals surface area contributed by atoms with Crippen molar-refractivity contribution in [2.75, 3.05) is 10.6 Å². The number of nitrogens with one attached hydrogen (secondary N) is 3. The van der Waals surface area contributed by atoms with Crippen molar-refractivity contribution in [3.63, 3.8) is 0 Å². The van der Waals surface area contributed by atoms with E-state index in [-0.39, 0.29) is 12.8 Å². The average Bonchev–Trinajstić information content (AvgIpc) is 2.76. The third kappa shape index (κ3) is 6.43. The van der Waals surface area contributed by atoms with Crippen LogP contribution in [0.3, 0.4) is 0 Å². The number of amides is 4. The Kier molecular flexibility index (Phi) is 7.84. The van der Waals surface area contributed by atoms with E-state index in [0.717, 1.165) is 27.4 Å². The molecule has 2 aromatic rings. The van der Waals surface area contributed by atoms with Crippen molar-refractivity contribution < 1.29 is 19.2 Å². The summed E-state index contributed by atoms with van der Waals surface area (Å²) in [5.41, 5.74) is 4.18. The molecular formula is C24H25ClN4O4. The zero-order valence-corrected chi connectivity index (χ0v) is 19.1. The summed E-state index contributed by atoms with van der Waals surface area (Å²) in [6, 6.07) is 12.4. The Labute approximate surface area is 197 Å². The molecule has 0 spiro atoms. The number of hydrogen-bond acceptors (Lipinski definition) is 6. The molecule has 3 rings (SSSR count). The number of benzene rings is 2. The molecule has 1 aliphatic heterocycles. The van der Waals surface area contributed by atoms with Gasteiger partial charge in [0.2, 0.25) is 18.2 Å². The van der Waals surface area contributed by atoms with Gasteiger partial charge in [0.1, 0.15) is 6.04 Å². The molecule has 9 heteroatoms. The van der Waals surface area contributed by atoms with Crippen molar-refractivity contribution in [1.82, 2.24) is 10.2 Å². The molecular weight excluding hydrogens is 444 g/mol. The van der Waals surface area contributed by atoms with Crippen LogP contribution < -0.4 is 16.0 Å². The van der Waals surface area contributed by atoms with Gasteiger partial charge < -0.3 is 10.6 Å². The number of imide groups is 2. The van der Waals surface area contributed by atoms with Crippen LogP contribution in [0.2, 0.25) is 5.02 Å². The van der Waals surface area contributed by atoms with Gasteiger partial charge in [-0.05, 0) is 55.7 Å². The molecule has 1 unspecified atom stereocenters. The molecule has 0 bridgehead atoms. The maximum Gasteiger partial charge on any atom is 0.255 e. The van der Waals surface area contributed by atoms with Crippen LogP contribution in [-0.4, -0.2) is 35.1 Å². The van der Waals surface area contributed by atoms with Gasteiger partial charge in [-0.1, -0.05) is 29.8 Å². The Balaban J connectivity index is 1.62. The summed E-state index contributed by atoms with van der Waals surface area (Å²) in [6.45, 7) is 4.20. The van der Waals surface area contributed by atoms with Gasteiger partial charge in [-0.15, -0.1) is 0 Å². The lowest BCUT2D eigenvalue weighted by molar-refractivity contribution is -0.148. The van der Waals surface area contributed by atoms with E-state index in [0.29, 0.717) is 23.7 Å². The highest BCUT2D eigenvalue weighted by Gasteiger charge is 2.33. The second-order valence-corrected chi connectivity index (χ2v) is 8.20. The number of rotatable bonds is 8. The molecule has 1 fully saturated rings. The molecule has 172 valence electrons. The third-order valence-electron chi connectivity index (χ3n) is 5.19. The minimum Gasteiger partial charge on any atom is -0.381 e. The van der Waals surface area contributed by atoms with Crippen LogP contribution in [0.1, 0.15) is 30.9 Å². The first-order valence-electron chi connectivity index (χ1n) is 10.4. The smallest absolute Gasteiger partial charge is 0.255 e. The van der Waals surface area contributed by atoms with E-state index in [1.165, 1.54) is 6.08 Å². The molecule has 1 atom stereocenters. The SMILES string of the molecule is C/C(=C\C(=O)N(C=O)C1CCC(=O)NC1=O)Nc1cccc(CNc2ccc(C)c(Cl)c2)c1. The Hall–Kier alpha value is -3.65. The predicted molar refractivity (Wildman–Crippen MR) is 126 cm³/mol. The third-order valence-corrected chi connectivity index (χ3v) is 5.60. The first-order valence-corrected chi connectivity index (χ1v) is 10.8. The van der Waals surface area contributed by atoms with Crippen LogP contribution >= 0.6 is 11.6 Å². The first kappa shape index (κ1) is 24.0. The number of carbonyl (C=O) groups is 4. The van der Waals surface area contributed by atoms with Crippen molar-refractivity contribution in [1.29, 1.82) is 0 Å². The molecule has 3 N–H and O–H groups in total. The minimum atomic E-state index is -0.999. The van der Waals surface area contributed by atoms with Gasteiger partial charge in [-0.3, -0.25) is 29.4 Å². The molecule has 0 radical (unpaired) electrons. The second kappa shape index (κ2) is 10.8. The highest BCUT2D eigenvalue weighted by atomic mass is 35.5. The molecule has 1 heterocycles. The summed E-state index contributed by atoms with van der Waals surface area (Å²) < 4.78 is 0. The average molecular weight is 469 g/mol. The van der Waals surface area contributed by atoms with Crippen molar-refractivity contribution >= 4 is 47.1 Å². The number of nitrogens with zero attached hydrogens (tertiary/aromatic N) is 1. The van der Waals surface area contributed by atoms with Crippen LogP contribution in [0, 0.1) is 6.92 Å². The molecule has 0 aromatic heterocycles. The van der Waals surface area contributed by atoms with Gasteiger partial charge in [0.15, 0.2) is 0 Å². The number of carbonyl (C=O) groups excluding carboxylic acids is 4. The topological polar surface area (TPSA) is 108 Å². The first-order chi connectivity index (χ1) is 15.8. The van der Waals surface area contributed by atoms with E-state index >= 15 is 0 Å². The zero-order chi connectivity index (χ0) is 24.0. The number of piperidine rings is 1. The van der Waals surface area contributed by atoms with Crippen molar-refractivity contribution in [2.24, 2.45) is 0 Å². The largest absolute Gasteiger partial charge is 0.381 e. The summed E-state index contributed by atoms with van der Waals surface area (Å²) >= 11 is 6.17. The highest BCUT2D eigenvalue weighted by Crippen LogP contribution is 2.21. The fourth-order valence-electron chi connectivity index (χ4n) is 3.42. The molecule has 0 aliphatic carbocycles. The van der Waals surface area contributed by atoms with E-state index in [1.807, 2.05) is 49.4 Å². The van der Waals surface area contributed by atoms with Crippen LogP contribution in [0.4, 0.5) is 11.4 Å². The Morgan fingerprint density at radius 1 is 1.21 bits per heavy atom. The zero-order valence-electron chi connectivity index (χ0n) is 18.4. The Morgan fingerprint density at radius 2 is 2.00 bits per heavy atom. The van der Waals surface area contributed by atoms with E-state index in [4.69, 9.17) is 11.6 Å². The van der Waals surface area contributed by atoms with E-state index < -0.39 is 23.8 Å². The van der Waals surface area contributed by atoms with Gasteiger partial charge in [-0.2, -0.15) is 0 Å². The van der Waals surface area contributed by atoms with E-state index in [2.05, 4.69) is 16.0 Å². The molecule has 2 aromatic carbocycles. The van der Waals surface area contributed by atoms with Crippen molar-refractivity contribution in [3.8, 4) is 0 Å². The minimum absolute atomic E-state index is 0.0740. The predicted octanol–water partition coefficient (Wildman–Crippen LogP) is 3.37. The number of halogens is 1. The lowest BCUT2D eigenvalue weighted by Crippen LogP contribution is -2.53. The highest BCUT2D eigenvalue weighted by molar-refractivity contribution is 6.31. The lowest BCUT2D eigenvalue weighted by atomic mass is 10.0. The maximum absolute atomic E-state index is 12.6. The number of aryl methyl sites for hydroxylation is 1.